The molecule has 0 fully saturated rings. The second kappa shape index (κ2) is 7.41. The lowest BCUT2D eigenvalue weighted by Crippen LogP contribution is -2.44. The van der Waals surface area contributed by atoms with Crippen molar-refractivity contribution in [3.8, 4) is 0 Å². The second-order valence-corrected chi connectivity index (χ2v) is 4.20. The molecular formula is C14H21N3O2. The Kier molecular flexibility index (Phi) is 5.85. The Morgan fingerprint density at radius 3 is 2.26 bits per heavy atom. The van der Waals surface area contributed by atoms with Gasteiger partial charge in [-0.15, -0.1) is 0 Å². The fourth-order valence-corrected chi connectivity index (χ4v) is 1.62. The first-order valence-electron chi connectivity index (χ1n) is 6.51. The Morgan fingerprint density at radius 1 is 1.11 bits per heavy atom. The second-order valence-electron chi connectivity index (χ2n) is 4.20. The minimum absolute atomic E-state index is 0.180. The van der Waals surface area contributed by atoms with Crippen LogP contribution in [-0.2, 0) is 4.79 Å². The van der Waals surface area contributed by atoms with Crippen molar-refractivity contribution in [3.05, 3.63) is 29.8 Å². The monoisotopic (exact) mass is 263 g/mol. The van der Waals surface area contributed by atoms with Gasteiger partial charge >= 0.3 is 0 Å². The van der Waals surface area contributed by atoms with Crippen LogP contribution < -0.4 is 16.0 Å². The molecule has 1 atom stereocenters. The molecule has 1 unspecified atom stereocenters. The van der Waals surface area contributed by atoms with Crippen LogP contribution in [0.3, 0.4) is 0 Å². The standard InChI is InChI=1S/C14H21N3O2/c1-4-15-12-8-6-11(7-9-12)14(19)17-10(3)13(18)16-5-2/h6-10,15H,4-5H2,1-3H3,(H,16,18)(H,17,19). The van der Waals surface area contributed by atoms with Crippen LogP contribution in [0.25, 0.3) is 0 Å². The van der Waals surface area contributed by atoms with E-state index in [0.29, 0.717) is 12.1 Å². The zero-order valence-electron chi connectivity index (χ0n) is 11.6. The van der Waals surface area contributed by atoms with E-state index in [1.807, 2.05) is 26.0 Å². The SMILES string of the molecule is CCNC(=O)C(C)NC(=O)c1ccc(NCC)cc1. The van der Waals surface area contributed by atoms with E-state index in [0.717, 1.165) is 12.2 Å². The smallest absolute Gasteiger partial charge is 0.251 e. The van der Waals surface area contributed by atoms with Crippen LogP contribution in [0.15, 0.2) is 24.3 Å². The Balaban J connectivity index is 2.60. The number of carbonyl (C=O) groups excluding carboxylic acids is 2. The number of hydrogen-bond donors (Lipinski definition) is 3. The molecule has 0 radical (unpaired) electrons. The van der Waals surface area contributed by atoms with E-state index >= 15 is 0 Å². The summed E-state index contributed by atoms with van der Waals surface area (Å²) in [6.07, 6.45) is 0. The molecule has 0 heterocycles. The fourth-order valence-electron chi connectivity index (χ4n) is 1.62. The summed E-state index contributed by atoms with van der Waals surface area (Å²) in [7, 11) is 0. The van der Waals surface area contributed by atoms with E-state index < -0.39 is 6.04 Å². The number of anilines is 1. The van der Waals surface area contributed by atoms with Gasteiger partial charge in [-0.05, 0) is 45.0 Å². The topological polar surface area (TPSA) is 70.2 Å². The average molecular weight is 263 g/mol. The van der Waals surface area contributed by atoms with Crippen molar-refractivity contribution in [1.29, 1.82) is 0 Å². The van der Waals surface area contributed by atoms with Gasteiger partial charge in [-0.1, -0.05) is 0 Å². The highest BCUT2D eigenvalue weighted by molar-refractivity contribution is 5.97. The molecule has 104 valence electrons. The summed E-state index contributed by atoms with van der Waals surface area (Å²) in [5, 5.41) is 8.48. The van der Waals surface area contributed by atoms with Crippen LogP contribution >= 0.6 is 0 Å². The molecule has 0 aliphatic rings. The van der Waals surface area contributed by atoms with Crippen molar-refractivity contribution < 1.29 is 9.59 Å². The van der Waals surface area contributed by atoms with Gasteiger partial charge in [-0.2, -0.15) is 0 Å². The fraction of sp³-hybridized carbons (Fsp3) is 0.429. The van der Waals surface area contributed by atoms with Crippen LogP contribution in [0.2, 0.25) is 0 Å². The van der Waals surface area contributed by atoms with Crippen LogP contribution in [0.5, 0.6) is 0 Å². The summed E-state index contributed by atoms with van der Waals surface area (Å²) in [5.74, 6) is -0.429. The van der Waals surface area contributed by atoms with Crippen LogP contribution in [0.1, 0.15) is 31.1 Å². The molecule has 5 nitrogen and oxygen atoms in total. The zero-order chi connectivity index (χ0) is 14.3. The molecule has 0 saturated carbocycles. The van der Waals surface area contributed by atoms with Gasteiger partial charge in [0, 0.05) is 24.3 Å². The molecule has 1 aromatic carbocycles. The lowest BCUT2D eigenvalue weighted by Gasteiger charge is -2.13. The first-order valence-corrected chi connectivity index (χ1v) is 6.51. The summed E-state index contributed by atoms with van der Waals surface area (Å²) in [6, 6.07) is 6.61. The molecule has 3 N–H and O–H groups in total. The summed E-state index contributed by atoms with van der Waals surface area (Å²) < 4.78 is 0. The highest BCUT2D eigenvalue weighted by Crippen LogP contribution is 2.09. The molecule has 0 aromatic heterocycles. The molecule has 0 saturated heterocycles. The van der Waals surface area contributed by atoms with Gasteiger partial charge in [0.05, 0.1) is 0 Å². The van der Waals surface area contributed by atoms with Crippen molar-refractivity contribution in [1.82, 2.24) is 10.6 Å². The summed E-state index contributed by atoms with van der Waals surface area (Å²) in [4.78, 5) is 23.4. The molecule has 1 aromatic rings. The van der Waals surface area contributed by atoms with Gasteiger partial charge in [0.25, 0.3) is 5.91 Å². The number of carbonyl (C=O) groups is 2. The zero-order valence-corrected chi connectivity index (χ0v) is 11.6. The molecule has 0 aliphatic carbocycles. The first kappa shape index (κ1) is 15.0. The van der Waals surface area contributed by atoms with Gasteiger partial charge in [0.1, 0.15) is 6.04 Å². The lowest BCUT2D eigenvalue weighted by molar-refractivity contribution is -0.122. The van der Waals surface area contributed by atoms with E-state index in [1.54, 1.807) is 19.1 Å². The van der Waals surface area contributed by atoms with Crippen molar-refractivity contribution in [2.24, 2.45) is 0 Å². The maximum atomic E-state index is 11.9. The number of nitrogens with one attached hydrogen (secondary N) is 3. The van der Waals surface area contributed by atoms with Gasteiger partial charge < -0.3 is 16.0 Å². The minimum atomic E-state index is -0.541. The van der Waals surface area contributed by atoms with Crippen molar-refractivity contribution in [3.63, 3.8) is 0 Å². The van der Waals surface area contributed by atoms with Crippen molar-refractivity contribution in [2.75, 3.05) is 18.4 Å². The first-order chi connectivity index (χ1) is 9.08. The van der Waals surface area contributed by atoms with Crippen LogP contribution in [0.4, 0.5) is 5.69 Å². The Labute approximate surface area is 113 Å². The Bertz CT molecular complexity index is 429. The summed E-state index contributed by atoms with van der Waals surface area (Å²) in [6.45, 7) is 6.90. The Hall–Kier alpha value is -2.04. The van der Waals surface area contributed by atoms with Gasteiger partial charge in [0.2, 0.25) is 5.91 Å². The highest BCUT2D eigenvalue weighted by Gasteiger charge is 2.15. The number of rotatable bonds is 6. The molecular weight excluding hydrogens is 242 g/mol. The van der Waals surface area contributed by atoms with Gasteiger partial charge in [-0.3, -0.25) is 9.59 Å². The normalized spacial score (nSPS) is 11.5. The van der Waals surface area contributed by atoms with E-state index in [-0.39, 0.29) is 11.8 Å². The largest absolute Gasteiger partial charge is 0.385 e. The predicted molar refractivity (Wildman–Crippen MR) is 76.2 cm³/mol. The third-order valence-electron chi connectivity index (χ3n) is 2.62. The molecule has 1 rings (SSSR count). The summed E-state index contributed by atoms with van der Waals surface area (Å²) >= 11 is 0. The van der Waals surface area contributed by atoms with E-state index in [9.17, 15) is 9.59 Å². The van der Waals surface area contributed by atoms with Crippen LogP contribution in [0, 0.1) is 0 Å². The maximum Gasteiger partial charge on any atom is 0.251 e. The minimum Gasteiger partial charge on any atom is -0.385 e. The molecule has 2 amide bonds. The highest BCUT2D eigenvalue weighted by atomic mass is 16.2. The molecule has 0 aliphatic heterocycles. The Morgan fingerprint density at radius 2 is 1.74 bits per heavy atom. The third-order valence-corrected chi connectivity index (χ3v) is 2.62. The van der Waals surface area contributed by atoms with E-state index in [4.69, 9.17) is 0 Å². The number of benzene rings is 1. The molecule has 0 spiro atoms. The predicted octanol–water partition coefficient (Wildman–Crippen LogP) is 1.37. The van der Waals surface area contributed by atoms with Gasteiger partial charge in [-0.25, -0.2) is 0 Å². The number of amides is 2. The maximum absolute atomic E-state index is 11.9. The van der Waals surface area contributed by atoms with E-state index in [1.165, 1.54) is 0 Å². The summed E-state index contributed by atoms with van der Waals surface area (Å²) in [5.41, 5.74) is 1.51. The van der Waals surface area contributed by atoms with E-state index in [2.05, 4.69) is 16.0 Å². The number of hydrogen-bond acceptors (Lipinski definition) is 3. The van der Waals surface area contributed by atoms with Crippen molar-refractivity contribution >= 4 is 17.5 Å². The molecule has 5 heteroatoms. The average Bonchev–Trinajstić information content (AvgIpc) is 2.40. The van der Waals surface area contributed by atoms with Crippen molar-refractivity contribution in [2.45, 2.75) is 26.8 Å². The lowest BCUT2D eigenvalue weighted by atomic mass is 10.1. The van der Waals surface area contributed by atoms with Crippen LogP contribution in [-0.4, -0.2) is 30.9 Å². The number of likely N-dealkylation sites (N-methyl/N-ethyl adjacent to an activating group) is 1. The quantitative estimate of drug-likeness (QED) is 0.726. The third kappa shape index (κ3) is 4.62. The van der Waals surface area contributed by atoms with Gasteiger partial charge in [0.15, 0.2) is 0 Å². The molecule has 0 bridgehead atoms. The molecule has 19 heavy (non-hydrogen) atoms.